The molecule has 1 aromatic carbocycles. The maximum atomic E-state index is 12.6. The Morgan fingerprint density at radius 3 is 2.61 bits per heavy atom. The first kappa shape index (κ1) is 15.6. The Kier molecular flexibility index (Phi) is 4.11. The van der Waals surface area contributed by atoms with Crippen LogP contribution in [0.5, 0.6) is 0 Å². The number of aromatic amines is 1. The van der Waals surface area contributed by atoms with Crippen LogP contribution >= 0.6 is 0 Å². The fourth-order valence-electron chi connectivity index (χ4n) is 3.60. The van der Waals surface area contributed by atoms with Crippen molar-refractivity contribution < 1.29 is 14.7 Å². The van der Waals surface area contributed by atoms with Gasteiger partial charge in [0.1, 0.15) is 0 Å². The van der Waals surface area contributed by atoms with E-state index in [1.165, 1.54) is 0 Å². The first-order chi connectivity index (χ1) is 11.0. The van der Waals surface area contributed by atoms with E-state index in [0.717, 1.165) is 35.9 Å². The summed E-state index contributed by atoms with van der Waals surface area (Å²) in [4.78, 5) is 27.5. The molecule has 1 aliphatic rings. The maximum absolute atomic E-state index is 12.6. The van der Waals surface area contributed by atoms with Crippen molar-refractivity contribution >= 4 is 22.8 Å². The van der Waals surface area contributed by atoms with E-state index in [-0.39, 0.29) is 12.5 Å². The van der Waals surface area contributed by atoms with Gasteiger partial charge >= 0.3 is 5.97 Å². The highest BCUT2D eigenvalue weighted by Gasteiger charge is 2.40. The Labute approximate surface area is 135 Å². The molecule has 0 saturated heterocycles. The number of H-pyrrole nitrogens is 1. The van der Waals surface area contributed by atoms with Crippen LogP contribution in [0.25, 0.3) is 10.9 Å². The van der Waals surface area contributed by atoms with E-state index in [1.54, 1.807) is 0 Å². The van der Waals surface area contributed by atoms with Crippen LogP contribution in [0, 0.1) is 12.3 Å². The second-order valence-electron chi connectivity index (χ2n) is 6.50. The van der Waals surface area contributed by atoms with Gasteiger partial charge in [0.05, 0.1) is 11.0 Å². The van der Waals surface area contributed by atoms with E-state index in [0.29, 0.717) is 18.4 Å². The van der Waals surface area contributed by atoms with Crippen molar-refractivity contribution in [2.45, 2.75) is 39.0 Å². The zero-order chi connectivity index (χ0) is 16.4. The number of hydrogen-bond donors (Lipinski definition) is 3. The van der Waals surface area contributed by atoms with Gasteiger partial charge in [-0.05, 0) is 25.8 Å². The van der Waals surface area contributed by atoms with Gasteiger partial charge in [0.25, 0.3) is 5.91 Å². The van der Waals surface area contributed by atoms with Gasteiger partial charge in [-0.25, -0.2) is 0 Å². The van der Waals surface area contributed by atoms with Crippen molar-refractivity contribution in [1.29, 1.82) is 0 Å². The van der Waals surface area contributed by atoms with Crippen molar-refractivity contribution in [2.24, 2.45) is 5.41 Å². The van der Waals surface area contributed by atoms with Gasteiger partial charge in [0, 0.05) is 23.1 Å². The summed E-state index contributed by atoms with van der Waals surface area (Å²) in [5.74, 6) is -1.00. The minimum atomic E-state index is -0.812. The number of carboxylic acid groups (broad SMARTS) is 1. The van der Waals surface area contributed by atoms with Crippen LogP contribution in [-0.2, 0) is 4.79 Å². The third kappa shape index (κ3) is 2.83. The lowest BCUT2D eigenvalue weighted by Gasteiger charge is -2.33. The van der Waals surface area contributed by atoms with Gasteiger partial charge in [-0.3, -0.25) is 9.59 Å². The molecule has 122 valence electrons. The largest absolute Gasteiger partial charge is 0.481 e. The molecule has 2 aromatic rings. The van der Waals surface area contributed by atoms with Gasteiger partial charge in [-0.1, -0.05) is 37.5 Å². The summed E-state index contributed by atoms with van der Waals surface area (Å²) in [7, 11) is 0. The molecule has 0 bridgehead atoms. The number of rotatable bonds is 4. The number of para-hydroxylation sites is 1. The van der Waals surface area contributed by atoms with Crippen LogP contribution in [-0.4, -0.2) is 28.5 Å². The Bertz CT molecular complexity index is 742. The molecule has 3 rings (SSSR count). The van der Waals surface area contributed by atoms with Crippen LogP contribution in [0.15, 0.2) is 24.3 Å². The average molecular weight is 314 g/mol. The van der Waals surface area contributed by atoms with Gasteiger partial charge in [0.15, 0.2) is 0 Å². The second-order valence-corrected chi connectivity index (χ2v) is 6.50. The smallest absolute Gasteiger partial charge is 0.311 e. The molecule has 1 aromatic heterocycles. The monoisotopic (exact) mass is 314 g/mol. The van der Waals surface area contributed by atoms with E-state index in [1.807, 2.05) is 31.2 Å². The molecule has 1 heterocycles. The third-order valence-electron chi connectivity index (χ3n) is 4.97. The molecule has 0 radical (unpaired) electrons. The molecule has 1 amide bonds. The van der Waals surface area contributed by atoms with Crippen LogP contribution in [0.3, 0.4) is 0 Å². The van der Waals surface area contributed by atoms with Gasteiger partial charge in [0.2, 0.25) is 0 Å². The minimum Gasteiger partial charge on any atom is -0.481 e. The zero-order valence-electron chi connectivity index (χ0n) is 13.3. The summed E-state index contributed by atoms with van der Waals surface area (Å²) in [6.07, 6.45) is 4.16. The lowest BCUT2D eigenvalue weighted by molar-refractivity contribution is -0.150. The summed E-state index contributed by atoms with van der Waals surface area (Å²) in [5, 5.41) is 13.3. The number of benzene rings is 1. The second kappa shape index (κ2) is 6.07. The number of carbonyl (C=O) groups is 2. The van der Waals surface area contributed by atoms with Crippen molar-refractivity contribution in [1.82, 2.24) is 10.3 Å². The molecule has 0 aliphatic heterocycles. The summed E-state index contributed by atoms with van der Waals surface area (Å²) in [5.41, 5.74) is 1.52. The van der Waals surface area contributed by atoms with Crippen molar-refractivity contribution in [3.63, 3.8) is 0 Å². The topological polar surface area (TPSA) is 82.2 Å². The molecular weight excluding hydrogens is 292 g/mol. The van der Waals surface area contributed by atoms with E-state index in [9.17, 15) is 14.7 Å². The first-order valence-electron chi connectivity index (χ1n) is 8.12. The molecular formula is C18H22N2O3. The number of aliphatic carboxylic acids is 1. The fourth-order valence-corrected chi connectivity index (χ4v) is 3.60. The predicted molar refractivity (Wildman–Crippen MR) is 88.5 cm³/mol. The standard InChI is InChI=1S/C18H22N2O3/c1-12-15(13-7-3-4-8-14(13)20-12)16(21)19-11-18(17(22)23)9-5-2-6-10-18/h3-4,7-8,20H,2,5-6,9-11H2,1H3,(H,19,21)(H,22,23). The molecule has 0 atom stereocenters. The summed E-state index contributed by atoms with van der Waals surface area (Å²) in [6, 6.07) is 7.65. The van der Waals surface area contributed by atoms with Crippen LogP contribution < -0.4 is 5.32 Å². The number of carboxylic acids is 1. The van der Waals surface area contributed by atoms with E-state index in [4.69, 9.17) is 0 Å². The molecule has 5 nitrogen and oxygen atoms in total. The number of hydrogen-bond acceptors (Lipinski definition) is 2. The Hall–Kier alpha value is -2.30. The zero-order valence-corrected chi connectivity index (χ0v) is 13.3. The highest BCUT2D eigenvalue weighted by molar-refractivity contribution is 6.08. The molecule has 1 aliphatic carbocycles. The predicted octanol–water partition coefficient (Wildman–Crippen LogP) is 3.24. The van der Waals surface area contributed by atoms with Crippen molar-refractivity contribution in [3.05, 3.63) is 35.5 Å². The summed E-state index contributed by atoms with van der Waals surface area (Å²) >= 11 is 0. The third-order valence-corrected chi connectivity index (χ3v) is 4.97. The number of aromatic nitrogens is 1. The Morgan fingerprint density at radius 2 is 1.91 bits per heavy atom. The van der Waals surface area contributed by atoms with E-state index in [2.05, 4.69) is 10.3 Å². The van der Waals surface area contributed by atoms with Crippen LogP contribution in [0.1, 0.15) is 48.2 Å². The molecule has 0 unspecified atom stereocenters. The lowest BCUT2D eigenvalue weighted by atomic mass is 9.74. The highest BCUT2D eigenvalue weighted by Crippen LogP contribution is 2.36. The number of amides is 1. The number of nitrogens with one attached hydrogen (secondary N) is 2. The molecule has 0 spiro atoms. The minimum absolute atomic E-state index is 0.195. The van der Waals surface area contributed by atoms with Crippen LogP contribution in [0.2, 0.25) is 0 Å². The number of aryl methyl sites for hydroxylation is 1. The Balaban J connectivity index is 1.81. The molecule has 3 N–H and O–H groups in total. The molecule has 1 fully saturated rings. The first-order valence-corrected chi connectivity index (χ1v) is 8.12. The van der Waals surface area contributed by atoms with Gasteiger partial charge < -0.3 is 15.4 Å². The molecule has 5 heteroatoms. The van der Waals surface area contributed by atoms with Crippen molar-refractivity contribution in [3.8, 4) is 0 Å². The molecule has 23 heavy (non-hydrogen) atoms. The van der Waals surface area contributed by atoms with Crippen LogP contribution in [0.4, 0.5) is 0 Å². The average Bonchev–Trinajstić information content (AvgIpc) is 2.89. The fraction of sp³-hybridized carbons (Fsp3) is 0.444. The van der Waals surface area contributed by atoms with E-state index >= 15 is 0 Å². The van der Waals surface area contributed by atoms with Gasteiger partial charge in [-0.15, -0.1) is 0 Å². The highest BCUT2D eigenvalue weighted by atomic mass is 16.4. The quantitative estimate of drug-likeness (QED) is 0.810. The SMILES string of the molecule is Cc1[nH]c2ccccc2c1C(=O)NCC1(C(=O)O)CCCCC1. The lowest BCUT2D eigenvalue weighted by Crippen LogP contribution is -2.44. The number of carbonyl (C=O) groups excluding carboxylic acids is 1. The summed E-state index contributed by atoms with van der Waals surface area (Å²) < 4.78 is 0. The summed E-state index contributed by atoms with van der Waals surface area (Å²) in [6.45, 7) is 2.06. The number of fused-ring (bicyclic) bond motifs is 1. The van der Waals surface area contributed by atoms with Gasteiger partial charge in [-0.2, -0.15) is 0 Å². The molecule has 1 saturated carbocycles. The van der Waals surface area contributed by atoms with E-state index < -0.39 is 11.4 Å². The normalized spacial score (nSPS) is 17.1. The Morgan fingerprint density at radius 1 is 1.22 bits per heavy atom. The maximum Gasteiger partial charge on any atom is 0.311 e. The van der Waals surface area contributed by atoms with Crippen molar-refractivity contribution in [2.75, 3.05) is 6.54 Å².